The summed E-state index contributed by atoms with van der Waals surface area (Å²) in [4.78, 5) is 0. The molecule has 0 aliphatic carbocycles. The van der Waals surface area contributed by atoms with E-state index in [1.807, 2.05) is 13.8 Å². The summed E-state index contributed by atoms with van der Waals surface area (Å²) in [6, 6.07) is 0. The van der Waals surface area contributed by atoms with Gasteiger partial charge >= 0.3 is 0 Å². The van der Waals surface area contributed by atoms with Crippen molar-refractivity contribution in [2.75, 3.05) is 13.2 Å². The Bertz CT molecular complexity index is 140. The first kappa shape index (κ1) is 8.97. The molecule has 0 saturated carbocycles. The molecule has 1 aliphatic heterocycles. The highest BCUT2D eigenvalue weighted by molar-refractivity contribution is 4.97. The van der Waals surface area contributed by atoms with Crippen molar-refractivity contribution < 1.29 is 9.84 Å². The zero-order valence-electron chi connectivity index (χ0n) is 7.21. The van der Waals surface area contributed by atoms with Crippen molar-refractivity contribution >= 4 is 0 Å². The molecule has 66 valence electrons. The fourth-order valence-corrected chi connectivity index (χ4v) is 1.59. The van der Waals surface area contributed by atoms with Gasteiger partial charge in [-0.3, -0.25) is 0 Å². The second-order valence-electron chi connectivity index (χ2n) is 3.46. The lowest BCUT2D eigenvalue weighted by atomic mass is 9.81. The first-order valence-electron chi connectivity index (χ1n) is 4.12. The van der Waals surface area contributed by atoms with Crippen molar-refractivity contribution in [2.45, 2.75) is 31.9 Å². The van der Waals surface area contributed by atoms with Gasteiger partial charge in [-0.05, 0) is 19.3 Å². The van der Waals surface area contributed by atoms with E-state index in [2.05, 4.69) is 0 Å². The van der Waals surface area contributed by atoms with Gasteiger partial charge in [-0.2, -0.15) is 0 Å². The van der Waals surface area contributed by atoms with Gasteiger partial charge in [0.1, 0.15) is 0 Å². The Morgan fingerprint density at radius 3 is 2.82 bits per heavy atom. The number of hydrogen-bond donors (Lipinski definition) is 2. The molecular weight excluding hydrogens is 142 g/mol. The van der Waals surface area contributed by atoms with Crippen LogP contribution in [-0.2, 0) is 4.74 Å². The Balaban J connectivity index is 2.64. The van der Waals surface area contributed by atoms with Crippen molar-refractivity contribution in [1.82, 2.24) is 0 Å². The average molecular weight is 159 g/mol. The van der Waals surface area contributed by atoms with Crippen LogP contribution >= 0.6 is 0 Å². The fraction of sp³-hybridized carbons (Fsp3) is 1.00. The van der Waals surface area contributed by atoms with Gasteiger partial charge in [0.05, 0.1) is 6.10 Å². The van der Waals surface area contributed by atoms with Crippen molar-refractivity contribution in [3.8, 4) is 0 Å². The summed E-state index contributed by atoms with van der Waals surface area (Å²) >= 11 is 0. The van der Waals surface area contributed by atoms with E-state index in [1.54, 1.807) is 0 Å². The van der Waals surface area contributed by atoms with Crippen LogP contribution in [0.4, 0.5) is 0 Å². The maximum Gasteiger partial charge on any atom is 0.0730 e. The van der Waals surface area contributed by atoms with Gasteiger partial charge in [0.25, 0.3) is 0 Å². The molecule has 1 aliphatic rings. The molecule has 1 heterocycles. The predicted molar refractivity (Wildman–Crippen MR) is 43.2 cm³/mol. The largest absolute Gasteiger partial charge is 0.396 e. The van der Waals surface area contributed by atoms with E-state index in [0.29, 0.717) is 0 Å². The number of nitrogens with two attached hydrogens (primary N) is 1. The lowest BCUT2D eigenvalue weighted by Crippen LogP contribution is -2.52. The number of ether oxygens (including phenoxy) is 1. The summed E-state index contributed by atoms with van der Waals surface area (Å²) in [7, 11) is 0. The van der Waals surface area contributed by atoms with Gasteiger partial charge in [0.2, 0.25) is 0 Å². The molecule has 0 aromatic rings. The van der Waals surface area contributed by atoms with Gasteiger partial charge in [0.15, 0.2) is 0 Å². The minimum atomic E-state index is -0.311. The van der Waals surface area contributed by atoms with Crippen LogP contribution in [0.3, 0.4) is 0 Å². The molecular formula is C8H17NO2. The molecule has 0 bridgehead atoms. The molecule has 0 amide bonds. The fourth-order valence-electron chi connectivity index (χ4n) is 1.59. The quantitative estimate of drug-likeness (QED) is 0.601. The van der Waals surface area contributed by atoms with Crippen LogP contribution in [0.15, 0.2) is 0 Å². The Labute approximate surface area is 67.5 Å². The summed E-state index contributed by atoms with van der Waals surface area (Å²) < 4.78 is 5.36. The van der Waals surface area contributed by atoms with Gasteiger partial charge in [-0.25, -0.2) is 0 Å². The second-order valence-corrected chi connectivity index (χ2v) is 3.46. The van der Waals surface area contributed by atoms with Gasteiger partial charge in [-0.1, -0.05) is 6.92 Å². The zero-order chi connectivity index (χ0) is 8.48. The zero-order valence-corrected chi connectivity index (χ0v) is 7.21. The normalized spacial score (nSPS) is 40.9. The molecule has 1 rings (SSSR count). The van der Waals surface area contributed by atoms with Crippen LogP contribution in [0.5, 0.6) is 0 Å². The first-order chi connectivity index (χ1) is 5.11. The third-order valence-corrected chi connectivity index (χ3v) is 2.85. The van der Waals surface area contributed by atoms with Crippen LogP contribution in [0.1, 0.15) is 20.3 Å². The van der Waals surface area contributed by atoms with Crippen molar-refractivity contribution in [3.63, 3.8) is 0 Å². The van der Waals surface area contributed by atoms with Crippen LogP contribution in [0, 0.1) is 5.92 Å². The lowest BCUT2D eigenvalue weighted by molar-refractivity contribution is 0.0620. The maximum atomic E-state index is 8.94. The molecule has 3 nitrogen and oxygen atoms in total. The molecule has 3 heteroatoms. The number of aliphatic hydroxyl groups is 1. The third-order valence-electron chi connectivity index (χ3n) is 2.85. The van der Waals surface area contributed by atoms with E-state index in [9.17, 15) is 0 Å². The molecule has 0 aromatic carbocycles. The Morgan fingerprint density at radius 1 is 1.82 bits per heavy atom. The molecule has 11 heavy (non-hydrogen) atoms. The molecule has 3 unspecified atom stereocenters. The SMILES string of the molecule is CC(CO)C1(N)CCOC1C. The highest BCUT2D eigenvalue weighted by Crippen LogP contribution is 2.29. The molecule has 1 fully saturated rings. The van der Waals surface area contributed by atoms with Crippen LogP contribution in [-0.4, -0.2) is 30.0 Å². The van der Waals surface area contributed by atoms with Gasteiger partial charge < -0.3 is 15.6 Å². The highest BCUT2D eigenvalue weighted by Gasteiger charge is 2.41. The maximum absolute atomic E-state index is 8.94. The minimum Gasteiger partial charge on any atom is -0.396 e. The van der Waals surface area contributed by atoms with Crippen LogP contribution in [0.25, 0.3) is 0 Å². The number of rotatable bonds is 2. The molecule has 0 aromatic heterocycles. The number of aliphatic hydroxyl groups excluding tert-OH is 1. The van der Waals surface area contributed by atoms with Crippen molar-refractivity contribution in [3.05, 3.63) is 0 Å². The van der Waals surface area contributed by atoms with Crippen molar-refractivity contribution in [1.29, 1.82) is 0 Å². The van der Waals surface area contributed by atoms with E-state index >= 15 is 0 Å². The minimum absolute atomic E-state index is 0.0737. The highest BCUT2D eigenvalue weighted by atomic mass is 16.5. The van der Waals surface area contributed by atoms with Crippen LogP contribution in [0.2, 0.25) is 0 Å². The van der Waals surface area contributed by atoms with E-state index < -0.39 is 0 Å². The predicted octanol–water partition coefficient (Wildman–Crippen LogP) is 0.121. The van der Waals surface area contributed by atoms with Gasteiger partial charge in [-0.15, -0.1) is 0 Å². The van der Waals surface area contributed by atoms with Crippen LogP contribution < -0.4 is 5.73 Å². The Kier molecular flexibility index (Phi) is 2.52. The monoisotopic (exact) mass is 159 g/mol. The summed E-state index contributed by atoms with van der Waals surface area (Å²) in [6.07, 6.45) is 0.931. The summed E-state index contributed by atoms with van der Waals surface area (Å²) in [5.74, 6) is 0.125. The molecule has 3 N–H and O–H groups in total. The Hall–Kier alpha value is -0.120. The molecule has 3 atom stereocenters. The summed E-state index contributed by atoms with van der Waals surface area (Å²) in [5, 5.41) is 8.94. The molecule has 0 radical (unpaired) electrons. The lowest BCUT2D eigenvalue weighted by Gasteiger charge is -2.32. The van der Waals surface area contributed by atoms with E-state index in [-0.39, 0.29) is 24.2 Å². The Morgan fingerprint density at radius 2 is 2.45 bits per heavy atom. The average Bonchev–Trinajstić information content (AvgIpc) is 2.32. The van der Waals surface area contributed by atoms with Crippen molar-refractivity contribution in [2.24, 2.45) is 11.7 Å². The summed E-state index contributed by atoms with van der Waals surface area (Å²) in [5.41, 5.74) is 5.76. The standard InChI is InChI=1S/C8H17NO2/c1-6(5-10)8(9)3-4-11-7(8)2/h6-7,10H,3-5,9H2,1-2H3. The van der Waals surface area contributed by atoms with E-state index in [1.165, 1.54) is 0 Å². The van der Waals surface area contributed by atoms with E-state index in [0.717, 1.165) is 13.0 Å². The topological polar surface area (TPSA) is 55.5 Å². The molecule has 0 spiro atoms. The number of hydrogen-bond acceptors (Lipinski definition) is 3. The smallest absolute Gasteiger partial charge is 0.0730 e. The third kappa shape index (κ3) is 1.41. The second kappa shape index (κ2) is 3.09. The van der Waals surface area contributed by atoms with E-state index in [4.69, 9.17) is 15.6 Å². The first-order valence-corrected chi connectivity index (χ1v) is 4.12. The van der Waals surface area contributed by atoms with Gasteiger partial charge in [0, 0.05) is 18.8 Å². The molecule has 1 saturated heterocycles. The summed E-state index contributed by atoms with van der Waals surface area (Å²) in [6.45, 7) is 4.80.